The summed E-state index contributed by atoms with van der Waals surface area (Å²) in [6.45, 7) is 3.49. The first-order valence-corrected chi connectivity index (χ1v) is 11.7. The Bertz CT molecular complexity index is 961. The molecular formula is C21H27N3O4S2. The van der Waals surface area contributed by atoms with Gasteiger partial charge in [0, 0.05) is 19.7 Å². The third-order valence-corrected chi connectivity index (χ3v) is 7.00. The number of ether oxygens (including phenoxy) is 2. The van der Waals surface area contributed by atoms with Gasteiger partial charge < -0.3 is 20.1 Å². The summed E-state index contributed by atoms with van der Waals surface area (Å²) in [6, 6.07) is 13.7. The fourth-order valence-electron chi connectivity index (χ4n) is 3.34. The zero-order valence-electron chi connectivity index (χ0n) is 17.1. The van der Waals surface area contributed by atoms with Gasteiger partial charge in [-0.25, -0.2) is 8.42 Å². The number of nitrogens with one attached hydrogen (secondary N) is 2. The average molecular weight is 450 g/mol. The van der Waals surface area contributed by atoms with Crippen molar-refractivity contribution < 1.29 is 17.9 Å². The van der Waals surface area contributed by atoms with E-state index in [1.807, 2.05) is 18.2 Å². The van der Waals surface area contributed by atoms with Crippen molar-refractivity contribution in [2.45, 2.75) is 30.8 Å². The van der Waals surface area contributed by atoms with E-state index < -0.39 is 10.0 Å². The molecule has 2 aromatic rings. The molecule has 0 spiro atoms. The van der Waals surface area contributed by atoms with E-state index in [2.05, 4.69) is 10.6 Å². The lowest BCUT2D eigenvalue weighted by atomic mass is 10.2. The molecular weight excluding hydrogens is 422 g/mol. The van der Waals surface area contributed by atoms with Crippen LogP contribution in [0.15, 0.2) is 53.4 Å². The minimum Gasteiger partial charge on any atom is -0.495 e. The van der Waals surface area contributed by atoms with E-state index in [1.165, 1.54) is 17.5 Å². The Morgan fingerprint density at radius 1 is 1.27 bits per heavy atom. The number of para-hydroxylation sites is 1. The second-order valence-electron chi connectivity index (χ2n) is 6.84. The summed E-state index contributed by atoms with van der Waals surface area (Å²) in [4.78, 5) is 0.151. The van der Waals surface area contributed by atoms with Gasteiger partial charge in [0.2, 0.25) is 0 Å². The summed E-state index contributed by atoms with van der Waals surface area (Å²) in [6.07, 6.45) is 2.19. The fourth-order valence-corrected chi connectivity index (χ4v) is 5.03. The van der Waals surface area contributed by atoms with Crippen LogP contribution < -0.4 is 19.7 Å². The lowest BCUT2D eigenvalue weighted by Gasteiger charge is -2.23. The number of methoxy groups -OCH3 is 1. The number of benzene rings is 2. The Morgan fingerprint density at radius 2 is 2.03 bits per heavy atom. The minimum atomic E-state index is -3.76. The highest BCUT2D eigenvalue weighted by atomic mass is 32.2. The number of hydrogen-bond donors (Lipinski definition) is 2. The van der Waals surface area contributed by atoms with Crippen LogP contribution in [0.3, 0.4) is 0 Å². The lowest BCUT2D eigenvalue weighted by molar-refractivity contribution is 0.114. The van der Waals surface area contributed by atoms with Gasteiger partial charge in [0.25, 0.3) is 10.0 Å². The first-order valence-electron chi connectivity index (χ1n) is 9.88. The Balaban J connectivity index is 1.81. The highest BCUT2D eigenvalue weighted by molar-refractivity contribution is 7.92. The fraction of sp³-hybridized carbons (Fsp3) is 0.381. The maximum absolute atomic E-state index is 13.3. The number of thiocarbonyl (C=S) groups is 1. The minimum absolute atomic E-state index is 0.141. The topological polar surface area (TPSA) is 79.9 Å². The SMILES string of the molecule is CCN(c1ccccc1)S(=O)(=O)c1ccc(OC)c(NC(=S)NCC2CCCO2)c1. The van der Waals surface area contributed by atoms with E-state index in [9.17, 15) is 8.42 Å². The summed E-state index contributed by atoms with van der Waals surface area (Å²) >= 11 is 5.37. The van der Waals surface area contributed by atoms with Crippen molar-refractivity contribution in [3.8, 4) is 5.75 Å². The van der Waals surface area contributed by atoms with Crippen LogP contribution in [0, 0.1) is 0 Å². The van der Waals surface area contributed by atoms with Gasteiger partial charge in [-0.05, 0) is 62.3 Å². The molecule has 2 N–H and O–H groups in total. The van der Waals surface area contributed by atoms with Crippen LogP contribution in [0.1, 0.15) is 19.8 Å². The Kier molecular flexibility index (Phi) is 7.52. The van der Waals surface area contributed by atoms with Crippen LogP contribution in [0.2, 0.25) is 0 Å². The first-order chi connectivity index (χ1) is 14.5. The molecule has 1 saturated heterocycles. The Labute approximate surface area is 183 Å². The zero-order chi connectivity index (χ0) is 21.6. The number of nitrogens with zero attached hydrogens (tertiary/aromatic N) is 1. The molecule has 162 valence electrons. The van der Waals surface area contributed by atoms with E-state index in [4.69, 9.17) is 21.7 Å². The monoisotopic (exact) mass is 449 g/mol. The van der Waals surface area contributed by atoms with Crippen LogP contribution in [0.4, 0.5) is 11.4 Å². The lowest BCUT2D eigenvalue weighted by Crippen LogP contribution is -2.35. The highest BCUT2D eigenvalue weighted by Gasteiger charge is 2.25. The molecule has 0 aliphatic carbocycles. The average Bonchev–Trinajstić information content (AvgIpc) is 3.27. The summed E-state index contributed by atoms with van der Waals surface area (Å²) < 4.78 is 38.9. The highest BCUT2D eigenvalue weighted by Crippen LogP contribution is 2.30. The van der Waals surface area contributed by atoms with Crippen molar-refractivity contribution in [3.05, 3.63) is 48.5 Å². The van der Waals surface area contributed by atoms with Crippen molar-refractivity contribution >= 4 is 38.7 Å². The second-order valence-corrected chi connectivity index (χ2v) is 9.11. The molecule has 0 bridgehead atoms. The van der Waals surface area contributed by atoms with Crippen LogP contribution in [-0.4, -0.2) is 46.4 Å². The van der Waals surface area contributed by atoms with Crippen LogP contribution >= 0.6 is 12.2 Å². The van der Waals surface area contributed by atoms with Gasteiger partial charge in [-0.15, -0.1) is 0 Å². The molecule has 1 unspecified atom stereocenters. The van der Waals surface area contributed by atoms with E-state index in [-0.39, 0.29) is 11.0 Å². The van der Waals surface area contributed by atoms with Crippen molar-refractivity contribution in [2.24, 2.45) is 0 Å². The van der Waals surface area contributed by atoms with Gasteiger partial charge in [0.15, 0.2) is 5.11 Å². The van der Waals surface area contributed by atoms with Crippen LogP contribution in [0.5, 0.6) is 5.75 Å². The van der Waals surface area contributed by atoms with Gasteiger partial charge in [-0.2, -0.15) is 0 Å². The second kappa shape index (κ2) is 10.1. The zero-order valence-corrected chi connectivity index (χ0v) is 18.8. The maximum atomic E-state index is 13.3. The van der Waals surface area contributed by atoms with Crippen LogP contribution in [-0.2, 0) is 14.8 Å². The molecule has 2 aromatic carbocycles. The van der Waals surface area contributed by atoms with Gasteiger partial charge in [0.05, 0.1) is 29.5 Å². The molecule has 9 heteroatoms. The van der Waals surface area contributed by atoms with Gasteiger partial charge in [-0.1, -0.05) is 18.2 Å². The molecule has 0 aromatic heterocycles. The first kappa shape index (κ1) is 22.3. The van der Waals surface area contributed by atoms with Gasteiger partial charge in [-0.3, -0.25) is 4.31 Å². The molecule has 0 radical (unpaired) electrons. The van der Waals surface area contributed by atoms with E-state index in [0.717, 1.165) is 19.4 Å². The molecule has 3 rings (SSSR count). The van der Waals surface area contributed by atoms with Gasteiger partial charge in [0.1, 0.15) is 5.75 Å². The van der Waals surface area contributed by atoms with Crippen molar-refractivity contribution in [1.82, 2.24) is 5.32 Å². The summed E-state index contributed by atoms with van der Waals surface area (Å²) in [5.74, 6) is 0.498. The maximum Gasteiger partial charge on any atom is 0.264 e. The summed E-state index contributed by atoms with van der Waals surface area (Å²) in [5, 5.41) is 6.56. The number of sulfonamides is 1. The molecule has 0 amide bonds. The number of rotatable bonds is 8. The molecule has 0 saturated carbocycles. The quantitative estimate of drug-likeness (QED) is 0.598. The van der Waals surface area contributed by atoms with E-state index in [0.29, 0.717) is 35.3 Å². The Hall–Kier alpha value is -2.36. The number of hydrogen-bond acceptors (Lipinski definition) is 5. The largest absolute Gasteiger partial charge is 0.495 e. The van der Waals surface area contributed by atoms with Crippen molar-refractivity contribution in [2.75, 3.05) is 36.4 Å². The standard InChI is InChI=1S/C21H27N3O4S2/c1-3-24(16-8-5-4-6-9-16)30(25,26)18-11-12-20(27-2)19(14-18)23-21(29)22-15-17-10-7-13-28-17/h4-6,8-9,11-12,14,17H,3,7,10,13,15H2,1-2H3,(H2,22,23,29). The van der Waals surface area contributed by atoms with E-state index >= 15 is 0 Å². The predicted octanol–water partition coefficient (Wildman–Crippen LogP) is 3.38. The molecule has 7 nitrogen and oxygen atoms in total. The number of anilines is 2. The smallest absolute Gasteiger partial charge is 0.264 e. The third kappa shape index (κ3) is 5.21. The summed E-state index contributed by atoms with van der Waals surface area (Å²) in [5.41, 5.74) is 1.09. The van der Waals surface area contributed by atoms with Crippen molar-refractivity contribution in [3.63, 3.8) is 0 Å². The summed E-state index contributed by atoms with van der Waals surface area (Å²) in [7, 11) is -2.23. The predicted molar refractivity (Wildman–Crippen MR) is 123 cm³/mol. The molecule has 30 heavy (non-hydrogen) atoms. The normalized spacial score (nSPS) is 16.1. The van der Waals surface area contributed by atoms with Crippen LogP contribution in [0.25, 0.3) is 0 Å². The van der Waals surface area contributed by atoms with E-state index in [1.54, 1.807) is 31.2 Å². The molecule has 1 fully saturated rings. The third-order valence-electron chi connectivity index (χ3n) is 4.85. The van der Waals surface area contributed by atoms with Crippen molar-refractivity contribution in [1.29, 1.82) is 0 Å². The Morgan fingerprint density at radius 3 is 2.67 bits per heavy atom. The molecule has 1 aliphatic heterocycles. The molecule has 1 aliphatic rings. The molecule has 1 heterocycles. The molecule has 1 atom stereocenters. The van der Waals surface area contributed by atoms with Gasteiger partial charge >= 0.3 is 0 Å².